The van der Waals surface area contributed by atoms with Crippen LogP contribution in [-0.4, -0.2) is 17.0 Å². The first-order valence-electron chi connectivity index (χ1n) is 5.18. The maximum Gasteiger partial charge on any atom is 0.185 e. The van der Waals surface area contributed by atoms with Crippen LogP contribution in [0.2, 0.25) is 5.02 Å². The summed E-state index contributed by atoms with van der Waals surface area (Å²) < 4.78 is 0. The Balaban J connectivity index is 2.26. The molecule has 0 bridgehead atoms. The Morgan fingerprint density at radius 3 is 2.83 bits per heavy atom. The van der Waals surface area contributed by atoms with Gasteiger partial charge < -0.3 is 5.32 Å². The standard InChI is InChI=1S/C12H10ClN5/c1-18(7-14)12-6-11(15-8-16-12)17-10-5-3-2-4-9(10)13/h2-6,8H,1H3,(H,15,16,17). The largest absolute Gasteiger partial charge is 0.339 e. The number of nitriles is 1. The summed E-state index contributed by atoms with van der Waals surface area (Å²) in [4.78, 5) is 9.42. The fourth-order valence-electron chi connectivity index (χ4n) is 1.35. The molecular formula is C12H10ClN5. The molecule has 1 aromatic carbocycles. The van der Waals surface area contributed by atoms with E-state index in [-0.39, 0.29) is 0 Å². The molecule has 18 heavy (non-hydrogen) atoms. The molecule has 0 aliphatic carbocycles. The number of aromatic nitrogens is 2. The SMILES string of the molecule is CN(C#N)c1cc(Nc2ccccc2Cl)ncn1. The molecular weight excluding hydrogens is 250 g/mol. The van der Waals surface area contributed by atoms with Gasteiger partial charge in [-0.3, -0.25) is 4.90 Å². The number of nitrogens with one attached hydrogen (secondary N) is 1. The van der Waals surface area contributed by atoms with Crippen LogP contribution in [0.25, 0.3) is 0 Å². The summed E-state index contributed by atoms with van der Waals surface area (Å²) in [6.07, 6.45) is 3.36. The van der Waals surface area contributed by atoms with E-state index in [0.29, 0.717) is 16.7 Å². The molecule has 0 unspecified atom stereocenters. The lowest BCUT2D eigenvalue weighted by Crippen LogP contribution is -2.10. The highest BCUT2D eigenvalue weighted by atomic mass is 35.5. The molecule has 1 N–H and O–H groups in total. The Morgan fingerprint density at radius 2 is 2.11 bits per heavy atom. The van der Waals surface area contributed by atoms with Crippen molar-refractivity contribution < 1.29 is 0 Å². The highest BCUT2D eigenvalue weighted by Gasteiger charge is 2.05. The zero-order valence-electron chi connectivity index (χ0n) is 9.63. The van der Waals surface area contributed by atoms with Gasteiger partial charge in [-0.25, -0.2) is 9.97 Å². The lowest BCUT2D eigenvalue weighted by atomic mass is 10.3. The van der Waals surface area contributed by atoms with Crippen molar-refractivity contribution in [2.75, 3.05) is 17.3 Å². The van der Waals surface area contributed by atoms with E-state index in [1.54, 1.807) is 19.2 Å². The van der Waals surface area contributed by atoms with Crippen molar-refractivity contribution >= 4 is 28.9 Å². The summed E-state index contributed by atoms with van der Waals surface area (Å²) in [6.45, 7) is 0. The molecule has 90 valence electrons. The second kappa shape index (κ2) is 5.34. The van der Waals surface area contributed by atoms with Crippen LogP contribution in [0.5, 0.6) is 0 Å². The van der Waals surface area contributed by atoms with Crippen LogP contribution in [0, 0.1) is 11.5 Å². The van der Waals surface area contributed by atoms with Gasteiger partial charge >= 0.3 is 0 Å². The van der Waals surface area contributed by atoms with Gasteiger partial charge in [-0.1, -0.05) is 23.7 Å². The van der Waals surface area contributed by atoms with Gasteiger partial charge in [-0.2, -0.15) is 5.26 Å². The Hall–Kier alpha value is -2.32. The number of halogens is 1. The third-order valence-electron chi connectivity index (χ3n) is 2.28. The predicted molar refractivity (Wildman–Crippen MR) is 70.8 cm³/mol. The number of rotatable bonds is 3. The van der Waals surface area contributed by atoms with Gasteiger partial charge in [0.25, 0.3) is 0 Å². The van der Waals surface area contributed by atoms with Crippen LogP contribution in [0.1, 0.15) is 0 Å². The highest BCUT2D eigenvalue weighted by molar-refractivity contribution is 6.33. The van der Waals surface area contributed by atoms with E-state index in [9.17, 15) is 0 Å². The van der Waals surface area contributed by atoms with E-state index in [1.165, 1.54) is 11.2 Å². The van der Waals surface area contributed by atoms with E-state index in [4.69, 9.17) is 16.9 Å². The average molecular weight is 260 g/mol. The van der Waals surface area contributed by atoms with Crippen molar-refractivity contribution in [1.82, 2.24) is 9.97 Å². The minimum Gasteiger partial charge on any atom is -0.339 e. The third-order valence-corrected chi connectivity index (χ3v) is 2.61. The Labute approximate surface area is 110 Å². The third kappa shape index (κ3) is 2.67. The Bertz CT molecular complexity index is 593. The van der Waals surface area contributed by atoms with E-state index >= 15 is 0 Å². The van der Waals surface area contributed by atoms with Crippen LogP contribution in [0.3, 0.4) is 0 Å². The lowest BCUT2D eigenvalue weighted by Gasteiger charge is -2.10. The first kappa shape index (κ1) is 12.1. The van der Waals surface area contributed by atoms with Gasteiger partial charge in [-0.05, 0) is 12.1 Å². The van der Waals surface area contributed by atoms with Crippen LogP contribution in [0.15, 0.2) is 36.7 Å². The van der Waals surface area contributed by atoms with Gasteiger partial charge in [0.15, 0.2) is 6.19 Å². The summed E-state index contributed by atoms with van der Waals surface area (Å²) in [6, 6.07) is 9.03. The van der Waals surface area contributed by atoms with E-state index in [2.05, 4.69) is 15.3 Å². The highest BCUT2D eigenvalue weighted by Crippen LogP contribution is 2.24. The van der Waals surface area contributed by atoms with Gasteiger partial charge in [-0.15, -0.1) is 0 Å². The molecule has 6 heteroatoms. The summed E-state index contributed by atoms with van der Waals surface area (Å²) >= 11 is 6.04. The van der Waals surface area contributed by atoms with Crippen molar-refractivity contribution in [3.63, 3.8) is 0 Å². The van der Waals surface area contributed by atoms with Gasteiger partial charge in [0.05, 0.1) is 10.7 Å². The van der Waals surface area contributed by atoms with Crippen molar-refractivity contribution in [1.29, 1.82) is 5.26 Å². The Kier molecular flexibility index (Phi) is 3.60. The molecule has 0 aliphatic heterocycles. The lowest BCUT2D eigenvalue weighted by molar-refractivity contribution is 1.08. The number of para-hydroxylation sites is 1. The van der Waals surface area contributed by atoms with Crippen molar-refractivity contribution in [3.05, 3.63) is 41.7 Å². The summed E-state index contributed by atoms with van der Waals surface area (Å²) in [5, 5.41) is 12.5. The minimum atomic E-state index is 0.516. The summed E-state index contributed by atoms with van der Waals surface area (Å²) in [5.74, 6) is 1.09. The fourth-order valence-corrected chi connectivity index (χ4v) is 1.53. The molecule has 0 atom stereocenters. The van der Waals surface area contributed by atoms with E-state index < -0.39 is 0 Å². The minimum absolute atomic E-state index is 0.516. The number of hydrogen-bond donors (Lipinski definition) is 1. The molecule has 0 aliphatic rings. The van der Waals surface area contributed by atoms with Crippen LogP contribution >= 0.6 is 11.6 Å². The smallest absolute Gasteiger partial charge is 0.185 e. The molecule has 0 fully saturated rings. The summed E-state index contributed by atoms with van der Waals surface area (Å²) in [7, 11) is 1.63. The first-order chi connectivity index (χ1) is 8.70. The van der Waals surface area contributed by atoms with E-state index in [0.717, 1.165) is 5.69 Å². The molecule has 0 radical (unpaired) electrons. The summed E-state index contributed by atoms with van der Waals surface area (Å²) in [5.41, 5.74) is 0.753. The van der Waals surface area contributed by atoms with Gasteiger partial charge in [0.1, 0.15) is 18.0 Å². The topological polar surface area (TPSA) is 64.8 Å². The molecule has 1 heterocycles. The second-order valence-electron chi connectivity index (χ2n) is 3.53. The van der Waals surface area contributed by atoms with Crippen molar-refractivity contribution in [3.8, 4) is 6.19 Å². The van der Waals surface area contributed by atoms with Crippen molar-refractivity contribution in [2.24, 2.45) is 0 Å². The second-order valence-corrected chi connectivity index (χ2v) is 3.93. The number of anilines is 3. The quantitative estimate of drug-likeness (QED) is 0.678. The fraction of sp³-hybridized carbons (Fsp3) is 0.0833. The molecule has 5 nitrogen and oxygen atoms in total. The maximum atomic E-state index is 8.79. The molecule has 0 amide bonds. The van der Waals surface area contributed by atoms with Crippen molar-refractivity contribution in [2.45, 2.75) is 0 Å². The molecule has 1 aromatic heterocycles. The normalized spacial score (nSPS) is 9.61. The number of hydrogen-bond acceptors (Lipinski definition) is 5. The Morgan fingerprint density at radius 1 is 1.33 bits per heavy atom. The van der Waals surface area contributed by atoms with Crippen LogP contribution in [0.4, 0.5) is 17.3 Å². The molecule has 2 rings (SSSR count). The van der Waals surface area contributed by atoms with Gasteiger partial charge in [0.2, 0.25) is 0 Å². The predicted octanol–water partition coefficient (Wildman–Crippen LogP) is 2.79. The van der Waals surface area contributed by atoms with Crippen LogP contribution < -0.4 is 10.2 Å². The molecule has 0 spiro atoms. The molecule has 0 saturated heterocycles. The monoisotopic (exact) mass is 259 g/mol. The van der Waals surface area contributed by atoms with Gasteiger partial charge in [0, 0.05) is 13.1 Å². The molecule has 2 aromatic rings. The van der Waals surface area contributed by atoms with Crippen LogP contribution in [-0.2, 0) is 0 Å². The average Bonchev–Trinajstić information content (AvgIpc) is 2.41. The molecule has 0 saturated carbocycles. The van der Waals surface area contributed by atoms with E-state index in [1.807, 2.05) is 24.4 Å². The first-order valence-corrected chi connectivity index (χ1v) is 5.55. The number of benzene rings is 1. The zero-order chi connectivity index (χ0) is 13.0. The maximum absolute atomic E-state index is 8.79. The number of nitrogens with zero attached hydrogens (tertiary/aromatic N) is 4. The zero-order valence-corrected chi connectivity index (χ0v) is 10.4.